The number of aromatic nitrogens is 1. The highest BCUT2D eigenvalue weighted by molar-refractivity contribution is 7.09. The third kappa shape index (κ3) is 4.12. The largest absolute Gasteiger partial charge is 0.346 e. The fourth-order valence-electron chi connectivity index (χ4n) is 1.69. The number of carbonyl (C=O) groups is 1. The number of nitrogens with zero attached hydrogens (tertiary/aromatic N) is 1. The van der Waals surface area contributed by atoms with Gasteiger partial charge in [0.25, 0.3) is 5.91 Å². The van der Waals surface area contributed by atoms with Gasteiger partial charge in [-0.25, -0.2) is 9.37 Å². The number of hydrogen-bond acceptors (Lipinski definition) is 4. The molecule has 1 aromatic heterocycles. The van der Waals surface area contributed by atoms with E-state index in [1.807, 2.05) is 12.3 Å². The van der Waals surface area contributed by atoms with E-state index in [9.17, 15) is 9.18 Å². The lowest BCUT2D eigenvalue weighted by molar-refractivity contribution is 0.0946. The Labute approximate surface area is 126 Å². The quantitative estimate of drug-likeness (QED) is 0.850. The molecule has 1 amide bonds. The van der Waals surface area contributed by atoms with Crippen LogP contribution in [0.1, 0.15) is 26.6 Å². The standard InChI is InChI=1S/C15H14FN3OS/c1-10-19-12(9-21-10)8-18-15(20)13-5-4-11(3-2-6-17)7-14(13)16/h4-5,7,9H,6,8,17H2,1H3,(H,18,20). The first-order valence-electron chi connectivity index (χ1n) is 6.28. The zero-order valence-electron chi connectivity index (χ0n) is 11.4. The van der Waals surface area contributed by atoms with Gasteiger partial charge in [0.15, 0.2) is 0 Å². The molecular weight excluding hydrogens is 289 g/mol. The van der Waals surface area contributed by atoms with Gasteiger partial charge in [0.05, 0.1) is 29.4 Å². The molecule has 0 fully saturated rings. The lowest BCUT2D eigenvalue weighted by atomic mass is 10.1. The minimum Gasteiger partial charge on any atom is -0.346 e. The lowest BCUT2D eigenvalue weighted by Crippen LogP contribution is -2.24. The first-order valence-corrected chi connectivity index (χ1v) is 7.16. The molecule has 108 valence electrons. The van der Waals surface area contributed by atoms with Gasteiger partial charge in [-0.05, 0) is 25.1 Å². The summed E-state index contributed by atoms with van der Waals surface area (Å²) in [5.41, 5.74) is 6.49. The second-order valence-corrected chi connectivity index (χ2v) is 5.30. The molecule has 0 aliphatic heterocycles. The van der Waals surface area contributed by atoms with Crippen molar-refractivity contribution in [2.24, 2.45) is 5.73 Å². The number of benzene rings is 1. The third-order valence-electron chi connectivity index (χ3n) is 2.65. The van der Waals surface area contributed by atoms with Crippen LogP contribution in [-0.2, 0) is 6.54 Å². The maximum atomic E-state index is 13.9. The molecule has 3 N–H and O–H groups in total. The topological polar surface area (TPSA) is 68.0 Å². The molecular formula is C15H14FN3OS. The van der Waals surface area contributed by atoms with Crippen LogP contribution in [0.4, 0.5) is 4.39 Å². The van der Waals surface area contributed by atoms with Crippen molar-refractivity contribution < 1.29 is 9.18 Å². The van der Waals surface area contributed by atoms with E-state index >= 15 is 0 Å². The van der Waals surface area contributed by atoms with Crippen LogP contribution in [0.2, 0.25) is 0 Å². The second kappa shape index (κ2) is 6.97. The summed E-state index contributed by atoms with van der Waals surface area (Å²) in [5.74, 6) is 4.27. The average Bonchev–Trinajstić information content (AvgIpc) is 2.88. The van der Waals surface area contributed by atoms with E-state index in [1.54, 1.807) is 6.07 Å². The molecule has 0 bridgehead atoms. The van der Waals surface area contributed by atoms with Crippen molar-refractivity contribution in [2.45, 2.75) is 13.5 Å². The number of aryl methyl sites for hydroxylation is 1. The Morgan fingerprint density at radius 2 is 2.33 bits per heavy atom. The van der Waals surface area contributed by atoms with Gasteiger partial charge < -0.3 is 11.1 Å². The van der Waals surface area contributed by atoms with Crippen molar-refractivity contribution in [1.29, 1.82) is 0 Å². The molecule has 0 aliphatic carbocycles. The predicted molar refractivity (Wildman–Crippen MR) is 80.4 cm³/mol. The number of carbonyl (C=O) groups excluding carboxylic acids is 1. The maximum Gasteiger partial charge on any atom is 0.254 e. The van der Waals surface area contributed by atoms with Gasteiger partial charge in [-0.3, -0.25) is 4.79 Å². The van der Waals surface area contributed by atoms with E-state index in [0.717, 1.165) is 10.7 Å². The molecule has 4 nitrogen and oxygen atoms in total. The SMILES string of the molecule is Cc1nc(CNC(=O)c2ccc(C#CCN)cc2F)cs1. The van der Waals surface area contributed by atoms with Gasteiger partial charge in [-0.2, -0.15) is 0 Å². The Bertz CT molecular complexity index is 715. The Kier molecular flexibility index (Phi) is 5.04. The van der Waals surface area contributed by atoms with Crippen LogP contribution in [0.25, 0.3) is 0 Å². The van der Waals surface area contributed by atoms with Gasteiger partial charge in [0.1, 0.15) is 5.82 Å². The summed E-state index contributed by atoms with van der Waals surface area (Å²) in [6.45, 7) is 2.37. The van der Waals surface area contributed by atoms with Crippen LogP contribution in [0, 0.1) is 24.6 Å². The highest BCUT2D eigenvalue weighted by Crippen LogP contribution is 2.11. The fourth-order valence-corrected chi connectivity index (χ4v) is 2.30. The molecule has 0 radical (unpaired) electrons. The summed E-state index contributed by atoms with van der Waals surface area (Å²) in [6, 6.07) is 4.23. The molecule has 0 unspecified atom stereocenters. The number of thiazole rings is 1. The van der Waals surface area contributed by atoms with Crippen LogP contribution in [0.3, 0.4) is 0 Å². The molecule has 6 heteroatoms. The number of nitrogens with one attached hydrogen (secondary N) is 1. The van der Waals surface area contributed by atoms with E-state index in [1.165, 1.54) is 23.5 Å². The monoisotopic (exact) mass is 303 g/mol. The summed E-state index contributed by atoms with van der Waals surface area (Å²) in [7, 11) is 0. The zero-order chi connectivity index (χ0) is 15.2. The number of nitrogens with two attached hydrogens (primary N) is 1. The van der Waals surface area contributed by atoms with Crippen LogP contribution in [-0.4, -0.2) is 17.4 Å². The molecule has 0 aliphatic rings. The van der Waals surface area contributed by atoms with Gasteiger partial charge in [0.2, 0.25) is 0 Å². The van der Waals surface area contributed by atoms with Crippen LogP contribution in [0.15, 0.2) is 23.6 Å². The molecule has 2 rings (SSSR count). The number of hydrogen-bond donors (Lipinski definition) is 2. The third-order valence-corrected chi connectivity index (χ3v) is 3.47. The smallest absolute Gasteiger partial charge is 0.254 e. The highest BCUT2D eigenvalue weighted by Gasteiger charge is 2.12. The summed E-state index contributed by atoms with van der Waals surface area (Å²) in [6.07, 6.45) is 0. The maximum absolute atomic E-state index is 13.9. The Morgan fingerprint density at radius 1 is 1.52 bits per heavy atom. The van der Waals surface area contributed by atoms with Crippen LogP contribution in [0.5, 0.6) is 0 Å². The second-order valence-electron chi connectivity index (χ2n) is 4.24. The van der Waals surface area contributed by atoms with Crippen LogP contribution >= 0.6 is 11.3 Å². The summed E-state index contributed by atoms with van der Waals surface area (Å²) in [4.78, 5) is 16.2. The Morgan fingerprint density at radius 3 is 2.95 bits per heavy atom. The van der Waals surface area contributed by atoms with E-state index < -0.39 is 11.7 Å². The van der Waals surface area contributed by atoms with E-state index in [2.05, 4.69) is 22.1 Å². The van der Waals surface area contributed by atoms with Crippen LogP contribution < -0.4 is 11.1 Å². The summed E-state index contributed by atoms with van der Waals surface area (Å²) < 4.78 is 13.9. The van der Waals surface area contributed by atoms with E-state index in [0.29, 0.717) is 5.56 Å². The van der Waals surface area contributed by atoms with Crippen molar-refractivity contribution in [3.63, 3.8) is 0 Å². The van der Waals surface area contributed by atoms with Crippen molar-refractivity contribution in [2.75, 3.05) is 6.54 Å². The molecule has 21 heavy (non-hydrogen) atoms. The zero-order valence-corrected chi connectivity index (χ0v) is 12.3. The molecule has 0 saturated heterocycles. The van der Waals surface area contributed by atoms with Gasteiger partial charge in [-0.1, -0.05) is 11.8 Å². The number of amides is 1. The predicted octanol–water partition coefficient (Wildman–Crippen LogP) is 1.83. The van der Waals surface area contributed by atoms with Gasteiger partial charge >= 0.3 is 0 Å². The van der Waals surface area contributed by atoms with Crippen molar-refractivity contribution in [1.82, 2.24) is 10.3 Å². The Hall–Kier alpha value is -2.23. The number of halogens is 1. The fraction of sp³-hybridized carbons (Fsp3) is 0.200. The van der Waals surface area contributed by atoms with E-state index in [-0.39, 0.29) is 18.7 Å². The molecule has 1 heterocycles. The molecule has 2 aromatic rings. The number of rotatable bonds is 3. The molecule has 0 atom stereocenters. The van der Waals surface area contributed by atoms with Crippen molar-refractivity contribution in [3.8, 4) is 11.8 Å². The van der Waals surface area contributed by atoms with E-state index in [4.69, 9.17) is 5.73 Å². The Balaban J connectivity index is 2.05. The lowest BCUT2D eigenvalue weighted by Gasteiger charge is -2.05. The normalized spacial score (nSPS) is 9.86. The van der Waals surface area contributed by atoms with Crippen molar-refractivity contribution in [3.05, 3.63) is 51.2 Å². The minimum absolute atomic E-state index is 0.0137. The molecule has 0 spiro atoms. The molecule has 0 saturated carbocycles. The average molecular weight is 303 g/mol. The summed E-state index contributed by atoms with van der Waals surface area (Å²) >= 11 is 1.50. The minimum atomic E-state index is -0.606. The van der Waals surface area contributed by atoms with Gasteiger partial charge in [0, 0.05) is 10.9 Å². The van der Waals surface area contributed by atoms with Gasteiger partial charge in [-0.15, -0.1) is 11.3 Å². The first kappa shape index (κ1) is 15.2. The summed E-state index contributed by atoms with van der Waals surface area (Å²) in [5, 5.41) is 5.42. The van der Waals surface area contributed by atoms with Crippen molar-refractivity contribution >= 4 is 17.2 Å². The molecule has 1 aromatic carbocycles. The highest BCUT2D eigenvalue weighted by atomic mass is 32.1. The first-order chi connectivity index (χ1) is 10.1.